The van der Waals surface area contributed by atoms with Gasteiger partial charge in [0.2, 0.25) is 0 Å². The highest BCUT2D eigenvalue weighted by Crippen LogP contribution is 2.34. The van der Waals surface area contributed by atoms with Gasteiger partial charge in [0.1, 0.15) is 0 Å². The molecule has 8 nitrogen and oxygen atoms in total. The van der Waals surface area contributed by atoms with E-state index in [2.05, 4.69) is 17.7 Å². The molecule has 1 aliphatic heterocycles. The molecule has 1 saturated heterocycles. The number of hydrogen-bond acceptors (Lipinski definition) is 8. The van der Waals surface area contributed by atoms with Gasteiger partial charge in [0.25, 0.3) is 17.7 Å². The molecule has 0 aliphatic carbocycles. The van der Waals surface area contributed by atoms with Crippen LogP contribution in [0.15, 0.2) is 64.9 Å². The van der Waals surface area contributed by atoms with Crippen molar-refractivity contribution >= 4 is 69.1 Å². The number of aryl methyl sites for hydroxylation is 1. The van der Waals surface area contributed by atoms with Crippen molar-refractivity contribution in [1.82, 2.24) is 10.4 Å². The van der Waals surface area contributed by atoms with E-state index in [1.807, 2.05) is 24.3 Å². The second-order valence-corrected chi connectivity index (χ2v) is 10.4. The molecular formula is C26H23N3O5S3. The quantitative estimate of drug-likeness (QED) is 0.288. The maximum atomic E-state index is 12.8. The number of amides is 3. The van der Waals surface area contributed by atoms with Crippen LogP contribution in [0.4, 0.5) is 5.69 Å². The summed E-state index contributed by atoms with van der Waals surface area (Å²) >= 11 is 7.63. The number of methoxy groups -OCH3 is 1. The van der Waals surface area contributed by atoms with Crippen molar-refractivity contribution in [3.05, 3.63) is 80.9 Å². The maximum absolute atomic E-state index is 12.8. The summed E-state index contributed by atoms with van der Waals surface area (Å²) in [6.07, 6.45) is 2.57. The summed E-state index contributed by atoms with van der Waals surface area (Å²) in [5.74, 6) is -0.355. The van der Waals surface area contributed by atoms with Crippen LogP contribution in [-0.2, 0) is 16.0 Å². The molecule has 1 aromatic heterocycles. The average Bonchev–Trinajstić information content (AvgIpc) is 3.53. The largest absolute Gasteiger partial charge is 0.493 e. The van der Waals surface area contributed by atoms with Crippen molar-refractivity contribution in [2.24, 2.45) is 0 Å². The molecule has 0 unspecified atom stereocenters. The predicted octanol–water partition coefficient (Wildman–Crippen LogP) is 4.88. The van der Waals surface area contributed by atoms with E-state index in [1.165, 1.54) is 24.0 Å². The van der Waals surface area contributed by atoms with E-state index in [-0.39, 0.29) is 16.8 Å². The predicted molar refractivity (Wildman–Crippen MR) is 150 cm³/mol. The Labute approximate surface area is 227 Å². The van der Waals surface area contributed by atoms with Gasteiger partial charge in [0.05, 0.1) is 16.9 Å². The van der Waals surface area contributed by atoms with Gasteiger partial charge in [-0.3, -0.25) is 19.8 Å². The SMILES string of the molecule is CCc1ccc(NC(=O)COc2ccc(/C=C3\SC(=S)N(NC(=O)c4cccs4)C3=O)cc2OC)cc1. The summed E-state index contributed by atoms with van der Waals surface area (Å²) in [5.41, 5.74) is 5.09. The fraction of sp³-hybridized carbons (Fsp3) is 0.154. The third kappa shape index (κ3) is 6.56. The van der Waals surface area contributed by atoms with E-state index >= 15 is 0 Å². The number of anilines is 1. The number of benzene rings is 2. The number of thioether (sulfide) groups is 1. The minimum atomic E-state index is -0.428. The molecule has 0 spiro atoms. The zero-order valence-electron chi connectivity index (χ0n) is 20.0. The molecule has 3 aromatic rings. The Kier molecular flexibility index (Phi) is 8.59. The third-order valence-corrected chi connectivity index (χ3v) is 7.41. The highest BCUT2D eigenvalue weighted by molar-refractivity contribution is 8.26. The Morgan fingerprint density at radius 2 is 1.89 bits per heavy atom. The van der Waals surface area contributed by atoms with Crippen LogP contribution in [0.2, 0.25) is 0 Å². The first kappa shape index (κ1) is 26.4. The standard InChI is InChI=1S/C26H23N3O5S3/c1-3-16-6-9-18(10-7-16)27-23(30)15-34-19-11-8-17(13-20(19)33-2)14-22-25(32)29(26(35)37-22)28-24(31)21-5-4-12-36-21/h4-14H,3,15H2,1-2H3,(H,27,30)(H,28,31)/b22-14-. The lowest BCUT2D eigenvalue weighted by Crippen LogP contribution is -2.44. The Hall–Kier alpha value is -3.67. The molecule has 2 N–H and O–H groups in total. The van der Waals surface area contributed by atoms with Crippen molar-refractivity contribution in [3.8, 4) is 11.5 Å². The van der Waals surface area contributed by atoms with Crippen LogP contribution in [0.5, 0.6) is 11.5 Å². The monoisotopic (exact) mass is 553 g/mol. The number of nitrogens with zero attached hydrogens (tertiary/aromatic N) is 1. The highest BCUT2D eigenvalue weighted by Gasteiger charge is 2.34. The molecule has 1 aliphatic rings. The fourth-order valence-electron chi connectivity index (χ4n) is 3.34. The molecule has 4 rings (SSSR count). The van der Waals surface area contributed by atoms with Crippen LogP contribution in [0.3, 0.4) is 0 Å². The number of thiophene rings is 1. The number of carbonyl (C=O) groups is 3. The van der Waals surface area contributed by atoms with Gasteiger partial charge < -0.3 is 14.8 Å². The molecular weight excluding hydrogens is 531 g/mol. The topological polar surface area (TPSA) is 97.0 Å². The van der Waals surface area contributed by atoms with Crippen molar-refractivity contribution in [3.63, 3.8) is 0 Å². The van der Waals surface area contributed by atoms with E-state index in [4.69, 9.17) is 21.7 Å². The molecule has 2 heterocycles. The number of carbonyl (C=O) groups excluding carboxylic acids is 3. The van der Waals surface area contributed by atoms with Gasteiger partial charge in [-0.1, -0.05) is 43.0 Å². The molecule has 190 valence electrons. The van der Waals surface area contributed by atoms with Crippen molar-refractivity contribution in [1.29, 1.82) is 0 Å². The average molecular weight is 554 g/mol. The minimum Gasteiger partial charge on any atom is -0.493 e. The van der Waals surface area contributed by atoms with E-state index < -0.39 is 11.8 Å². The normalized spacial score (nSPS) is 14.1. The number of hydrogen-bond donors (Lipinski definition) is 2. The molecule has 0 bridgehead atoms. The second-order valence-electron chi connectivity index (χ2n) is 7.73. The summed E-state index contributed by atoms with van der Waals surface area (Å²) in [5, 5.41) is 5.64. The van der Waals surface area contributed by atoms with Crippen LogP contribution in [0.25, 0.3) is 6.08 Å². The van der Waals surface area contributed by atoms with E-state index in [1.54, 1.807) is 41.8 Å². The maximum Gasteiger partial charge on any atom is 0.285 e. The Balaban J connectivity index is 1.39. The van der Waals surface area contributed by atoms with Gasteiger partial charge in [-0.15, -0.1) is 11.3 Å². The van der Waals surface area contributed by atoms with Gasteiger partial charge in [-0.2, -0.15) is 5.01 Å². The lowest BCUT2D eigenvalue weighted by atomic mass is 10.1. The third-order valence-electron chi connectivity index (χ3n) is 5.24. The first-order chi connectivity index (χ1) is 17.9. The Bertz CT molecular complexity index is 1350. The number of nitrogens with one attached hydrogen (secondary N) is 2. The van der Waals surface area contributed by atoms with E-state index in [0.29, 0.717) is 32.5 Å². The summed E-state index contributed by atoms with van der Waals surface area (Å²) in [6.45, 7) is 1.87. The first-order valence-corrected chi connectivity index (χ1v) is 13.3. The molecule has 37 heavy (non-hydrogen) atoms. The zero-order valence-corrected chi connectivity index (χ0v) is 22.4. The minimum absolute atomic E-state index is 0.201. The fourth-order valence-corrected chi connectivity index (χ4v) is 5.13. The van der Waals surface area contributed by atoms with Crippen molar-refractivity contribution < 1.29 is 23.9 Å². The molecule has 0 radical (unpaired) electrons. The van der Waals surface area contributed by atoms with Gasteiger partial charge >= 0.3 is 0 Å². The van der Waals surface area contributed by atoms with Crippen LogP contribution in [0.1, 0.15) is 27.7 Å². The highest BCUT2D eigenvalue weighted by atomic mass is 32.2. The van der Waals surface area contributed by atoms with E-state index in [9.17, 15) is 14.4 Å². The smallest absolute Gasteiger partial charge is 0.285 e. The number of rotatable bonds is 9. The molecule has 2 aromatic carbocycles. The van der Waals surface area contributed by atoms with Gasteiger partial charge in [-0.05, 0) is 71.6 Å². The number of ether oxygens (including phenoxy) is 2. The molecule has 0 saturated carbocycles. The van der Waals surface area contributed by atoms with Crippen molar-refractivity contribution in [2.75, 3.05) is 19.0 Å². The van der Waals surface area contributed by atoms with Gasteiger partial charge in [-0.25, -0.2) is 0 Å². The summed E-state index contributed by atoms with van der Waals surface area (Å²) in [6, 6.07) is 16.1. The lowest BCUT2D eigenvalue weighted by Gasteiger charge is -2.14. The van der Waals surface area contributed by atoms with Gasteiger partial charge in [0, 0.05) is 5.69 Å². The van der Waals surface area contributed by atoms with Crippen LogP contribution in [0, 0.1) is 0 Å². The zero-order chi connectivity index (χ0) is 26.4. The Morgan fingerprint density at radius 1 is 1.11 bits per heavy atom. The molecule has 11 heteroatoms. The van der Waals surface area contributed by atoms with E-state index in [0.717, 1.165) is 23.2 Å². The summed E-state index contributed by atoms with van der Waals surface area (Å²) in [4.78, 5) is 38.3. The summed E-state index contributed by atoms with van der Waals surface area (Å²) < 4.78 is 11.3. The van der Waals surface area contributed by atoms with Crippen LogP contribution < -0.4 is 20.2 Å². The van der Waals surface area contributed by atoms with Crippen molar-refractivity contribution in [2.45, 2.75) is 13.3 Å². The lowest BCUT2D eigenvalue weighted by molar-refractivity contribution is -0.123. The first-order valence-electron chi connectivity index (χ1n) is 11.2. The van der Waals surface area contributed by atoms with Crippen LogP contribution >= 0.6 is 35.3 Å². The Morgan fingerprint density at radius 3 is 2.57 bits per heavy atom. The number of hydrazine groups is 1. The second kappa shape index (κ2) is 12.0. The van der Waals surface area contributed by atoms with Gasteiger partial charge in [0.15, 0.2) is 22.4 Å². The molecule has 1 fully saturated rings. The summed E-state index contributed by atoms with van der Waals surface area (Å²) in [7, 11) is 1.49. The molecule has 3 amide bonds. The van der Waals surface area contributed by atoms with Crippen LogP contribution in [-0.4, -0.2) is 40.8 Å². The molecule has 0 atom stereocenters. The number of thiocarbonyl (C=S) groups is 1.